The number of aliphatic hydroxyl groups is 1. The fourth-order valence-electron chi connectivity index (χ4n) is 4.02. The number of halogens is 1. The highest BCUT2D eigenvalue weighted by Gasteiger charge is 2.24. The molecule has 0 heterocycles. The molecule has 1 aliphatic rings. The number of hydrogen-bond donors (Lipinski definition) is 3. The molecule has 0 saturated heterocycles. The number of carbonyl (C=O) groups excluding carboxylic acids is 1. The van der Waals surface area contributed by atoms with E-state index in [-0.39, 0.29) is 24.9 Å². The molecule has 0 radical (unpaired) electrons. The Morgan fingerprint density at radius 1 is 1.21 bits per heavy atom. The van der Waals surface area contributed by atoms with Crippen LogP contribution in [0.3, 0.4) is 0 Å². The van der Waals surface area contributed by atoms with Gasteiger partial charge in [0.25, 0.3) is 5.91 Å². The van der Waals surface area contributed by atoms with Crippen molar-refractivity contribution in [2.45, 2.75) is 44.6 Å². The van der Waals surface area contributed by atoms with Crippen LogP contribution in [0.25, 0.3) is 0 Å². The Labute approximate surface area is 171 Å². The molecule has 156 valence electrons. The van der Waals surface area contributed by atoms with Crippen molar-refractivity contribution in [3.8, 4) is 5.75 Å². The fourth-order valence-corrected chi connectivity index (χ4v) is 4.02. The van der Waals surface area contributed by atoms with Gasteiger partial charge in [-0.05, 0) is 73.9 Å². The van der Waals surface area contributed by atoms with Crippen LogP contribution in [0.15, 0.2) is 36.4 Å². The summed E-state index contributed by atoms with van der Waals surface area (Å²) in [7, 11) is 1.49. The van der Waals surface area contributed by atoms with Crippen LogP contribution in [0, 0.1) is 12.7 Å². The summed E-state index contributed by atoms with van der Waals surface area (Å²) in [6, 6.07) is 11.2. The van der Waals surface area contributed by atoms with Crippen molar-refractivity contribution in [2.75, 3.05) is 25.6 Å². The first-order valence-corrected chi connectivity index (χ1v) is 10.1. The molecule has 1 fully saturated rings. The van der Waals surface area contributed by atoms with Gasteiger partial charge in [0, 0.05) is 23.8 Å². The molecule has 0 spiro atoms. The second-order valence-electron chi connectivity index (χ2n) is 7.54. The van der Waals surface area contributed by atoms with Crippen molar-refractivity contribution < 1.29 is 19.0 Å². The third-order valence-corrected chi connectivity index (χ3v) is 5.71. The zero-order valence-corrected chi connectivity index (χ0v) is 17.0. The Balaban J connectivity index is 1.62. The predicted molar refractivity (Wildman–Crippen MR) is 112 cm³/mol. The van der Waals surface area contributed by atoms with E-state index in [1.54, 1.807) is 6.07 Å². The normalized spacial score (nSPS) is 18.9. The van der Waals surface area contributed by atoms with E-state index in [9.17, 15) is 9.18 Å². The van der Waals surface area contributed by atoms with Crippen LogP contribution < -0.4 is 15.4 Å². The Morgan fingerprint density at radius 2 is 1.97 bits per heavy atom. The molecule has 5 nitrogen and oxygen atoms in total. The Bertz CT molecular complexity index is 848. The van der Waals surface area contributed by atoms with Crippen molar-refractivity contribution in [3.05, 3.63) is 58.9 Å². The molecule has 0 bridgehead atoms. The SMILES string of the molecule is COc1cc(C2CCC(Nc3cccc(C(=O)NCCO)c3C)CC2)ccc1F. The van der Waals surface area contributed by atoms with Gasteiger partial charge in [-0.1, -0.05) is 12.1 Å². The number of rotatable bonds is 7. The minimum atomic E-state index is -0.329. The van der Waals surface area contributed by atoms with Gasteiger partial charge in [-0.2, -0.15) is 0 Å². The molecule has 1 aliphatic carbocycles. The standard InChI is InChI=1S/C23H29FN2O3/c1-15-19(23(28)25-12-13-27)4-3-5-21(15)26-18-9-6-16(7-10-18)17-8-11-20(24)22(14-17)29-2/h3-5,8,11,14,16,18,26-27H,6-7,9-10,12-13H2,1-2H3,(H,25,28). The van der Waals surface area contributed by atoms with E-state index in [2.05, 4.69) is 10.6 Å². The fraction of sp³-hybridized carbons (Fsp3) is 0.435. The first kappa shape index (κ1) is 21.1. The summed E-state index contributed by atoms with van der Waals surface area (Å²) in [5.41, 5.74) is 3.62. The van der Waals surface area contributed by atoms with Crippen LogP contribution in [-0.2, 0) is 0 Å². The van der Waals surface area contributed by atoms with E-state index in [1.165, 1.54) is 13.2 Å². The van der Waals surface area contributed by atoms with Crippen molar-refractivity contribution in [3.63, 3.8) is 0 Å². The molecule has 2 aromatic carbocycles. The van der Waals surface area contributed by atoms with E-state index in [0.29, 0.717) is 23.3 Å². The van der Waals surface area contributed by atoms with Crippen LogP contribution in [-0.4, -0.2) is 37.3 Å². The van der Waals surface area contributed by atoms with Gasteiger partial charge >= 0.3 is 0 Å². The van der Waals surface area contributed by atoms with Crippen molar-refractivity contribution in [1.82, 2.24) is 5.32 Å². The summed E-state index contributed by atoms with van der Waals surface area (Å²) in [6.45, 7) is 2.10. The van der Waals surface area contributed by atoms with Crippen LogP contribution >= 0.6 is 0 Å². The van der Waals surface area contributed by atoms with Crippen LogP contribution in [0.2, 0.25) is 0 Å². The van der Waals surface area contributed by atoms with Gasteiger partial charge in [0.2, 0.25) is 0 Å². The molecule has 1 amide bonds. The highest BCUT2D eigenvalue weighted by Crippen LogP contribution is 2.36. The number of aliphatic hydroxyl groups excluding tert-OH is 1. The third-order valence-electron chi connectivity index (χ3n) is 5.71. The number of ether oxygens (including phenoxy) is 1. The summed E-state index contributed by atoms with van der Waals surface area (Å²) >= 11 is 0. The van der Waals surface area contributed by atoms with E-state index >= 15 is 0 Å². The van der Waals surface area contributed by atoms with Gasteiger partial charge in [-0.3, -0.25) is 4.79 Å². The third kappa shape index (κ3) is 5.07. The average Bonchev–Trinajstić information content (AvgIpc) is 2.74. The number of hydrogen-bond acceptors (Lipinski definition) is 4. The minimum Gasteiger partial charge on any atom is -0.494 e. The number of carbonyl (C=O) groups is 1. The molecule has 0 aromatic heterocycles. The quantitative estimate of drug-likeness (QED) is 0.657. The van der Waals surface area contributed by atoms with Gasteiger partial charge in [-0.25, -0.2) is 4.39 Å². The van der Waals surface area contributed by atoms with Gasteiger partial charge < -0.3 is 20.5 Å². The number of amides is 1. The van der Waals surface area contributed by atoms with Gasteiger partial charge in [-0.15, -0.1) is 0 Å². The van der Waals surface area contributed by atoms with Crippen molar-refractivity contribution in [2.24, 2.45) is 0 Å². The number of benzene rings is 2. The molecule has 0 unspecified atom stereocenters. The maximum absolute atomic E-state index is 13.7. The molecule has 0 aliphatic heterocycles. The van der Waals surface area contributed by atoms with Crippen molar-refractivity contribution in [1.29, 1.82) is 0 Å². The van der Waals surface area contributed by atoms with E-state index in [0.717, 1.165) is 42.5 Å². The second-order valence-corrected chi connectivity index (χ2v) is 7.54. The van der Waals surface area contributed by atoms with Crippen LogP contribution in [0.1, 0.15) is 53.1 Å². The molecular formula is C23H29FN2O3. The van der Waals surface area contributed by atoms with Crippen LogP contribution in [0.4, 0.5) is 10.1 Å². The topological polar surface area (TPSA) is 70.6 Å². The zero-order valence-electron chi connectivity index (χ0n) is 17.0. The lowest BCUT2D eigenvalue weighted by Gasteiger charge is -2.31. The van der Waals surface area contributed by atoms with E-state index in [1.807, 2.05) is 31.2 Å². The van der Waals surface area contributed by atoms with E-state index < -0.39 is 0 Å². The highest BCUT2D eigenvalue weighted by atomic mass is 19.1. The monoisotopic (exact) mass is 400 g/mol. The zero-order chi connectivity index (χ0) is 20.8. The average molecular weight is 400 g/mol. The lowest BCUT2D eigenvalue weighted by atomic mass is 9.81. The smallest absolute Gasteiger partial charge is 0.251 e. The molecule has 3 N–H and O–H groups in total. The Kier molecular flexibility index (Phi) is 7.09. The first-order valence-electron chi connectivity index (χ1n) is 10.1. The van der Waals surface area contributed by atoms with E-state index in [4.69, 9.17) is 9.84 Å². The van der Waals surface area contributed by atoms with Gasteiger partial charge in [0.15, 0.2) is 11.6 Å². The molecule has 2 aromatic rings. The molecule has 3 rings (SSSR count). The Hall–Kier alpha value is -2.60. The minimum absolute atomic E-state index is 0.0775. The molecule has 1 saturated carbocycles. The maximum Gasteiger partial charge on any atom is 0.251 e. The second kappa shape index (κ2) is 9.74. The van der Waals surface area contributed by atoms with Gasteiger partial charge in [0.1, 0.15) is 0 Å². The summed E-state index contributed by atoms with van der Waals surface area (Å²) in [6.07, 6.45) is 4.04. The number of anilines is 1. The van der Waals surface area contributed by atoms with Crippen LogP contribution in [0.5, 0.6) is 5.75 Å². The number of methoxy groups -OCH3 is 1. The van der Waals surface area contributed by atoms with Crippen molar-refractivity contribution >= 4 is 11.6 Å². The largest absolute Gasteiger partial charge is 0.494 e. The summed E-state index contributed by atoms with van der Waals surface area (Å²) < 4.78 is 18.8. The highest BCUT2D eigenvalue weighted by molar-refractivity contribution is 5.97. The van der Waals surface area contributed by atoms with Gasteiger partial charge in [0.05, 0.1) is 13.7 Å². The molecule has 0 atom stereocenters. The molecular weight excluding hydrogens is 371 g/mol. The summed E-state index contributed by atoms with van der Waals surface area (Å²) in [5, 5.41) is 15.2. The maximum atomic E-state index is 13.7. The first-order chi connectivity index (χ1) is 14.0. The summed E-state index contributed by atoms with van der Waals surface area (Å²) in [4.78, 5) is 12.3. The molecule has 6 heteroatoms. The Morgan fingerprint density at radius 3 is 2.66 bits per heavy atom. The lowest BCUT2D eigenvalue weighted by molar-refractivity contribution is 0.0944. The predicted octanol–water partition coefficient (Wildman–Crippen LogP) is 4.00. The lowest BCUT2D eigenvalue weighted by Crippen LogP contribution is -2.28. The number of nitrogens with one attached hydrogen (secondary N) is 2. The molecule has 29 heavy (non-hydrogen) atoms. The summed E-state index contributed by atoms with van der Waals surface area (Å²) in [5.74, 6) is 0.202.